The quantitative estimate of drug-likeness (QED) is 0.724. The Morgan fingerprint density at radius 1 is 1.16 bits per heavy atom. The highest BCUT2D eigenvalue weighted by Crippen LogP contribution is 2.12. The molecule has 0 aliphatic heterocycles. The minimum absolute atomic E-state index is 0.0935. The third-order valence-corrected chi connectivity index (χ3v) is 3.80. The van der Waals surface area contributed by atoms with E-state index in [1.54, 1.807) is 12.1 Å². The zero-order valence-corrected chi connectivity index (χ0v) is 13.9. The van der Waals surface area contributed by atoms with Gasteiger partial charge in [-0.05, 0) is 41.8 Å². The molecule has 128 valence electrons. The Hall–Kier alpha value is -3.02. The Balaban J connectivity index is 1.58. The van der Waals surface area contributed by atoms with Gasteiger partial charge in [-0.3, -0.25) is 9.89 Å². The first-order valence-electron chi connectivity index (χ1n) is 8.16. The molecule has 0 unspecified atom stereocenters. The molecule has 5 nitrogen and oxygen atoms in total. The normalized spacial score (nSPS) is 10.6. The Kier molecular flexibility index (Phi) is 5.18. The predicted octanol–water partition coefficient (Wildman–Crippen LogP) is 3.28. The lowest BCUT2D eigenvalue weighted by Crippen LogP contribution is -2.15. The van der Waals surface area contributed by atoms with Gasteiger partial charge in [-0.15, -0.1) is 0 Å². The number of halogens is 1. The summed E-state index contributed by atoms with van der Waals surface area (Å²) in [5.41, 5.74) is 2.86. The molecule has 3 aromatic rings. The van der Waals surface area contributed by atoms with Crippen LogP contribution in [0, 0.1) is 5.82 Å². The van der Waals surface area contributed by atoms with E-state index in [1.165, 1.54) is 12.1 Å². The van der Waals surface area contributed by atoms with E-state index in [9.17, 15) is 9.18 Å². The summed E-state index contributed by atoms with van der Waals surface area (Å²) in [4.78, 5) is 16.5. The molecule has 2 aromatic carbocycles. The van der Waals surface area contributed by atoms with E-state index in [4.69, 9.17) is 0 Å². The number of nitrogens with zero attached hydrogens (tertiary/aromatic N) is 2. The maximum Gasteiger partial charge on any atom is 0.232 e. The number of anilines is 1. The van der Waals surface area contributed by atoms with Crippen molar-refractivity contribution in [1.82, 2.24) is 15.2 Å². The summed E-state index contributed by atoms with van der Waals surface area (Å²) in [6.07, 6.45) is 1.51. The average Bonchev–Trinajstić information content (AvgIpc) is 3.04. The molecule has 0 spiro atoms. The molecule has 1 amide bonds. The fourth-order valence-corrected chi connectivity index (χ4v) is 2.51. The maximum absolute atomic E-state index is 12.9. The number of hydrogen-bond acceptors (Lipinski definition) is 3. The highest BCUT2D eigenvalue weighted by atomic mass is 19.1. The monoisotopic (exact) mass is 338 g/mol. The van der Waals surface area contributed by atoms with Crippen molar-refractivity contribution in [2.45, 2.75) is 26.2 Å². The number of carbonyl (C=O) groups is 1. The minimum atomic E-state index is -0.272. The molecule has 0 aliphatic rings. The van der Waals surface area contributed by atoms with Gasteiger partial charge in [-0.1, -0.05) is 31.2 Å². The molecule has 3 rings (SSSR count). The van der Waals surface area contributed by atoms with Crippen molar-refractivity contribution in [3.05, 3.63) is 77.1 Å². The summed E-state index contributed by atoms with van der Waals surface area (Å²) in [7, 11) is 0. The number of amides is 1. The molecule has 0 saturated heterocycles. The van der Waals surface area contributed by atoms with Gasteiger partial charge in [-0.25, -0.2) is 9.37 Å². The van der Waals surface area contributed by atoms with Gasteiger partial charge in [0.15, 0.2) is 5.82 Å². The lowest BCUT2D eigenvalue weighted by Gasteiger charge is -2.05. The third-order valence-electron chi connectivity index (χ3n) is 3.80. The summed E-state index contributed by atoms with van der Waals surface area (Å²) in [5, 5.41) is 9.75. The van der Waals surface area contributed by atoms with Gasteiger partial charge in [0.2, 0.25) is 5.91 Å². The van der Waals surface area contributed by atoms with Gasteiger partial charge in [0.05, 0.1) is 6.42 Å². The Morgan fingerprint density at radius 3 is 2.72 bits per heavy atom. The molecule has 0 atom stereocenters. The number of benzene rings is 2. The van der Waals surface area contributed by atoms with Crippen LogP contribution in [0.3, 0.4) is 0 Å². The van der Waals surface area contributed by atoms with Crippen molar-refractivity contribution in [3.63, 3.8) is 0 Å². The van der Waals surface area contributed by atoms with Crippen molar-refractivity contribution in [2.75, 3.05) is 5.32 Å². The molecule has 0 bridgehead atoms. The molecule has 1 heterocycles. The SMILES string of the molecule is CCc1cccc(NC(=O)Cc2n[nH]c(Cc3ccc(F)cc3)n2)c1. The van der Waals surface area contributed by atoms with Crippen LogP contribution in [0.1, 0.15) is 29.7 Å². The van der Waals surface area contributed by atoms with Crippen molar-refractivity contribution in [1.29, 1.82) is 0 Å². The summed E-state index contributed by atoms with van der Waals surface area (Å²) >= 11 is 0. The largest absolute Gasteiger partial charge is 0.326 e. The number of nitrogens with one attached hydrogen (secondary N) is 2. The highest BCUT2D eigenvalue weighted by Gasteiger charge is 2.10. The number of hydrogen-bond donors (Lipinski definition) is 2. The fraction of sp³-hybridized carbons (Fsp3) is 0.211. The summed E-state index contributed by atoms with van der Waals surface area (Å²) < 4.78 is 12.9. The Labute approximate surface area is 145 Å². The van der Waals surface area contributed by atoms with E-state index in [1.807, 2.05) is 24.3 Å². The average molecular weight is 338 g/mol. The highest BCUT2D eigenvalue weighted by molar-refractivity contribution is 5.91. The first-order chi connectivity index (χ1) is 12.1. The predicted molar refractivity (Wildman–Crippen MR) is 93.7 cm³/mol. The van der Waals surface area contributed by atoms with E-state index in [0.717, 1.165) is 23.2 Å². The number of H-pyrrole nitrogens is 1. The van der Waals surface area contributed by atoms with Gasteiger partial charge in [0, 0.05) is 12.1 Å². The molecule has 0 fully saturated rings. The molecule has 1 aromatic heterocycles. The number of aromatic amines is 1. The Bertz CT molecular complexity index is 858. The number of carbonyl (C=O) groups excluding carboxylic acids is 1. The van der Waals surface area contributed by atoms with Crippen molar-refractivity contribution in [2.24, 2.45) is 0 Å². The molecule has 0 aliphatic carbocycles. The molecular weight excluding hydrogens is 319 g/mol. The zero-order chi connectivity index (χ0) is 17.6. The van der Waals surface area contributed by atoms with Gasteiger partial charge < -0.3 is 5.32 Å². The lowest BCUT2D eigenvalue weighted by atomic mass is 10.1. The van der Waals surface area contributed by atoms with Gasteiger partial charge >= 0.3 is 0 Å². The van der Waals surface area contributed by atoms with Crippen LogP contribution < -0.4 is 5.32 Å². The van der Waals surface area contributed by atoms with E-state index in [2.05, 4.69) is 27.4 Å². The second-order valence-corrected chi connectivity index (χ2v) is 5.78. The maximum atomic E-state index is 12.9. The van der Waals surface area contributed by atoms with Gasteiger partial charge in [-0.2, -0.15) is 5.10 Å². The van der Waals surface area contributed by atoms with Crippen molar-refractivity contribution < 1.29 is 9.18 Å². The van der Waals surface area contributed by atoms with E-state index in [-0.39, 0.29) is 18.1 Å². The number of aromatic nitrogens is 3. The molecule has 0 radical (unpaired) electrons. The lowest BCUT2D eigenvalue weighted by molar-refractivity contribution is -0.115. The number of aryl methyl sites for hydroxylation is 1. The second-order valence-electron chi connectivity index (χ2n) is 5.78. The van der Waals surface area contributed by atoms with Crippen LogP contribution in [0.5, 0.6) is 0 Å². The summed E-state index contributed by atoms with van der Waals surface area (Å²) in [6.45, 7) is 2.07. The molecule has 25 heavy (non-hydrogen) atoms. The van der Waals surface area contributed by atoms with E-state index in [0.29, 0.717) is 18.1 Å². The number of rotatable bonds is 6. The van der Waals surface area contributed by atoms with Crippen LogP contribution in [-0.2, 0) is 24.1 Å². The zero-order valence-electron chi connectivity index (χ0n) is 13.9. The van der Waals surface area contributed by atoms with E-state index >= 15 is 0 Å². The first kappa shape index (κ1) is 16.8. The molecular formula is C19H19FN4O. The van der Waals surface area contributed by atoms with Crippen LogP contribution in [0.4, 0.5) is 10.1 Å². The fourth-order valence-electron chi connectivity index (χ4n) is 2.51. The van der Waals surface area contributed by atoms with Crippen LogP contribution in [-0.4, -0.2) is 21.1 Å². The van der Waals surface area contributed by atoms with Crippen LogP contribution in [0.2, 0.25) is 0 Å². The molecule has 2 N–H and O–H groups in total. The van der Waals surface area contributed by atoms with Gasteiger partial charge in [0.25, 0.3) is 0 Å². The third kappa shape index (κ3) is 4.73. The summed E-state index contributed by atoms with van der Waals surface area (Å²) in [5.74, 6) is 0.634. The second kappa shape index (κ2) is 7.70. The van der Waals surface area contributed by atoms with Gasteiger partial charge in [0.1, 0.15) is 11.6 Å². The van der Waals surface area contributed by atoms with Crippen LogP contribution in [0.25, 0.3) is 0 Å². The summed E-state index contributed by atoms with van der Waals surface area (Å²) in [6, 6.07) is 14.0. The minimum Gasteiger partial charge on any atom is -0.326 e. The molecule has 6 heteroatoms. The topological polar surface area (TPSA) is 70.7 Å². The van der Waals surface area contributed by atoms with E-state index < -0.39 is 0 Å². The smallest absolute Gasteiger partial charge is 0.232 e. The first-order valence-corrected chi connectivity index (χ1v) is 8.16. The standard InChI is InChI=1S/C19H19FN4O/c1-2-13-4-3-5-16(10-13)21-19(25)12-18-22-17(23-24-18)11-14-6-8-15(20)9-7-14/h3-10H,2,11-12H2,1H3,(H,21,25)(H,22,23,24). The van der Waals surface area contributed by atoms with Crippen molar-refractivity contribution in [3.8, 4) is 0 Å². The molecule has 0 saturated carbocycles. The van der Waals surface area contributed by atoms with Crippen LogP contribution >= 0.6 is 0 Å². The van der Waals surface area contributed by atoms with Crippen LogP contribution in [0.15, 0.2) is 48.5 Å². The van der Waals surface area contributed by atoms with Crippen molar-refractivity contribution >= 4 is 11.6 Å². The Morgan fingerprint density at radius 2 is 1.96 bits per heavy atom.